The maximum absolute atomic E-state index is 13.0. The normalized spacial score (nSPS) is 11.4. The smallest absolute Gasteiger partial charge is 0.416 e. The van der Waals surface area contributed by atoms with Crippen LogP contribution in [0.25, 0.3) is 11.5 Å². The molecule has 29 heavy (non-hydrogen) atoms. The van der Waals surface area contributed by atoms with Crippen molar-refractivity contribution in [3.63, 3.8) is 0 Å². The molecule has 5 nitrogen and oxygen atoms in total. The summed E-state index contributed by atoms with van der Waals surface area (Å²) in [4.78, 5) is 11.9. The number of nitrogens with zero attached hydrogens (tertiary/aromatic N) is 2. The lowest BCUT2D eigenvalue weighted by molar-refractivity contribution is -0.143. The van der Waals surface area contributed by atoms with Gasteiger partial charge < -0.3 is 9.15 Å². The number of esters is 1. The molecule has 1 aromatic heterocycles. The quantitative estimate of drug-likeness (QED) is 0.530. The fourth-order valence-corrected chi connectivity index (χ4v) is 2.74. The first-order chi connectivity index (χ1) is 13.8. The van der Waals surface area contributed by atoms with Gasteiger partial charge in [0.25, 0.3) is 0 Å². The average Bonchev–Trinajstić information content (AvgIpc) is 3.15. The highest BCUT2D eigenvalue weighted by molar-refractivity contribution is 5.69. The number of ether oxygens (including phenoxy) is 1. The Kier molecular flexibility index (Phi) is 6.31. The SMILES string of the molecule is Cc1ccc(-c2nnc(CCC(=O)OCCc3ccccc3C(F)(F)F)o2)cc1. The minimum Gasteiger partial charge on any atom is -0.465 e. The third kappa shape index (κ3) is 5.66. The van der Waals surface area contributed by atoms with E-state index in [1.165, 1.54) is 18.2 Å². The van der Waals surface area contributed by atoms with Crippen molar-refractivity contribution in [1.82, 2.24) is 10.2 Å². The molecule has 0 saturated carbocycles. The van der Waals surface area contributed by atoms with E-state index in [4.69, 9.17) is 9.15 Å². The van der Waals surface area contributed by atoms with E-state index in [-0.39, 0.29) is 31.4 Å². The first-order valence-corrected chi connectivity index (χ1v) is 9.03. The summed E-state index contributed by atoms with van der Waals surface area (Å²) in [5.74, 6) is 0.113. The van der Waals surface area contributed by atoms with Crippen molar-refractivity contribution >= 4 is 5.97 Å². The van der Waals surface area contributed by atoms with E-state index in [2.05, 4.69) is 10.2 Å². The molecule has 3 aromatic rings. The second-order valence-corrected chi connectivity index (χ2v) is 6.49. The summed E-state index contributed by atoms with van der Waals surface area (Å²) < 4.78 is 49.4. The van der Waals surface area contributed by atoms with E-state index >= 15 is 0 Å². The van der Waals surface area contributed by atoms with Crippen molar-refractivity contribution in [1.29, 1.82) is 0 Å². The summed E-state index contributed by atoms with van der Waals surface area (Å²) in [6.45, 7) is 1.83. The van der Waals surface area contributed by atoms with Gasteiger partial charge in [0, 0.05) is 18.4 Å². The summed E-state index contributed by atoms with van der Waals surface area (Å²) in [7, 11) is 0. The Morgan fingerprint density at radius 2 is 1.76 bits per heavy atom. The minimum absolute atomic E-state index is 0.00352. The Balaban J connectivity index is 1.47. The molecule has 0 amide bonds. The highest BCUT2D eigenvalue weighted by Crippen LogP contribution is 2.32. The first-order valence-electron chi connectivity index (χ1n) is 9.03. The Morgan fingerprint density at radius 1 is 1.03 bits per heavy atom. The van der Waals surface area contributed by atoms with Crippen LogP contribution in [0.5, 0.6) is 0 Å². The van der Waals surface area contributed by atoms with E-state index in [0.717, 1.165) is 17.2 Å². The largest absolute Gasteiger partial charge is 0.465 e. The molecule has 0 aliphatic carbocycles. The topological polar surface area (TPSA) is 65.2 Å². The van der Waals surface area contributed by atoms with E-state index in [9.17, 15) is 18.0 Å². The number of aromatic nitrogens is 2. The lowest BCUT2D eigenvalue weighted by Gasteiger charge is -2.12. The molecule has 1 heterocycles. The van der Waals surface area contributed by atoms with E-state index < -0.39 is 17.7 Å². The zero-order valence-corrected chi connectivity index (χ0v) is 15.7. The summed E-state index contributed by atoms with van der Waals surface area (Å²) in [5.41, 5.74) is 1.26. The van der Waals surface area contributed by atoms with Crippen LogP contribution in [0.2, 0.25) is 0 Å². The Labute approximate surface area is 165 Å². The number of hydrogen-bond acceptors (Lipinski definition) is 5. The van der Waals surface area contributed by atoms with Gasteiger partial charge in [0.2, 0.25) is 11.8 Å². The van der Waals surface area contributed by atoms with Crippen LogP contribution in [0.1, 0.15) is 29.0 Å². The van der Waals surface area contributed by atoms with Gasteiger partial charge >= 0.3 is 12.1 Å². The van der Waals surface area contributed by atoms with Gasteiger partial charge in [0.05, 0.1) is 18.6 Å². The van der Waals surface area contributed by atoms with Crippen LogP contribution in [-0.2, 0) is 28.5 Å². The monoisotopic (exact) mass is 404 g/mol. The van der Waals surface area contributed by atoms with Crippen molar-refractivity contribution in [2.45, 2.75) is 32.4 Å². The van der Waals surface area contributed by atoms with Crippen LogP contribution in [0.3, 0.4) is 0 Å². The fourth-order valence-electron chi connectivity index (χ4n) is 2.74. The van der Waals surface area contributed by atoms with Crippen molar-refractivity contribution in [3.8, 4) is 11.5 Å². The number of aryl methyl sites for hydroxylation is 2. The molecule has 2 aromatic carbocycles. The van der Waals surface area contributed by atoms with Gasteiger partial charge in [0.1, 0.15) is 0 Å². The number of carbonyl (C=O) groups is 1. The highest BCUT2D eigenvalue weighted by atomic mass is 19.4. The summed E-state index contributed by atoms with van der Waals surface area (Å²) in [6, 6.07) is 12.8. The zero-order chi connectivity index (χ0) is 20.9. The van der Waals surface area contributed by atoms with Crippen LogP contribution < -0.4 is 0 Å². The number of hydrogen-bond donors (Lipinski definition) is 0. The number of carbonyl (C=O) groups excluding carboxylic acids is 1. The summed E-state index contributed by atoms with van der Waals surface area (Å²) in [6.07, 6.45) is -4.26. The second kappa shape index (κ2) is 8.89. The van der Waals surface area contributed by atoms with Gasteiger partial charge in [-0.05, 0) is 30.7 Å². The van der Waals surface area contributed by atoms with Gasteiger partial charge in [0.15, 0.2) is 0 Å². The van der Waals surface area contributed by atoms with Crippen LogP contribution in [0, 0.1) is 6.92 Å². The first kappa shape index (κ1) is 20.6. The average molecular weight is 404 g/mol. The third-order valence-corrected chi connectivity index (χ3v) is 4.27. The molecule has 0 unspecified atom stereocenters. The fraction of sp³-hybridized carbons (Fsp3) is 0.286. The van der Waals surface area contributed by atoms with Gasteiger partial charge in [-0.25, -0.2) is 0 Å². The predicted octanol–water partition coefficient (Wildman–Crippen LogP) is 4.78. The summed E-state index contributed by atoms with van der Waals surface area (Å²) in [5, 5.41) is 7.86. The number of benzene rings is 2. The van der Waals surface area contributed by atoms with Crippen LogP contribution >= 0.6 is 0 Å². The molecular weight excluding hydrogens is 385 g/mol. The van der Waals surface area contributed by atoms with Crippen molar-refractivity contribution < 1.29 is 27.1 Å². The number of halogens is 3. The molecule has 8 heteroatoms. The molecule has 0 aliphatic heterocycles. The molecule has 152 valence electrons. The predicted molar refractivity (Wildman–Crippen MR) is 98.9 cm³/mol. The van der Waals surface area contributed by atoms with E-state index in [1.54, 1.807) is 0 Å². The van der Waals surface area contributed by atoms with Gasteiger partial charge in [-0.2, -0.15) is 13.2 Å². The molecule has 0 N–H and O–H groups in total. The zero-order valence-electron chi connectivity index (χ0n) is 15.7. The molecule has 0 fully saturated rings. The molecule has 0 spiro atoms. The second-order valence-electron chi connectivity index (χ2n) is 6.49. The Hall–Kier alpha value is -3.16. The third-order valence-electron chi connectivity index (χ3n) is 4.27. The van der Waals surface area contributed by atoms with Gasteiger partial charge in [-0.1, -0.05) is 35.9 Å². The van der Waals surface area contributed by atoms with Crippen molar-refractivity contribution in [3.05, 3.63) is 71.1 Å². The molecule has 3 rings (SSSR count). The Morgan fingerprint density at radius 3 is 2.48 bits per heavy atom. The van der Waals surface area contributed by atoms with Gasteiger partial charge in [-0.15, -0.1) is 10.2 Å². The lowest BCUT2D eigenvalue weighted by atomic mass is 10.0. The minimum atomic E-state index is -4.44. The maximum Gasteiger partial charge on any atom is 0.416 e. The number of alkyl halides is 3. The standard InChI is InChI=1S/C21H19F3N2O3/c1-14-6-8-16(9-7-14)20-26-25-18(29-20)10-11-19(27)28-13-12-15-4-2-3-5-17(15)21(22,23)24/h2-9H,10-13H2,1H3. The highest BCUT2D eigenvalue weighted by Gasteiger charge is 2.32. The van der Waals surface area contributed by atoms with Crippen LogP contribution in [0.4, 0.5) is 13.2 Å². The van der Waals surface area contributed by atoms with Crippen molar-refractivity contribution in [2.24, 2.45) is 0 Å². The molecule has 0 aliphatic rings. The lowest BCUT2D eigenvalue weighted by Crippen LogP contribution is -2.13. The molecule has 0 atom stereocenters. The molecule has 0 saturated heterocycles. The Bertz CT molecular complexity index is 966. The van der Waals surface area contributed by atoms with E-state index in [1.807, 2.05) is 31.2 Å². The molecule has 0 bridgehead atoms. The number of rotatable bonds is 7. The molecular formula is C21H19F3N2O3. The molecule has 0 radical (unpaired) electrons. The van der Waals surface area contributed by atoms with Crippen molar-refractivity contribution in [2.75, 3.05) is 6.61 Å². The van der Waals surface area contributed by atoms with Crippen LogP contribution in [0.15, 0.2) is 52.9 Å². The van der Waals surface area contributed by atoms with Crippen LogP contribution in [-0.4, -0.2) is 22.8 Å². The summed E-state index contributed by atoms with van der Waals surface area (Å²) >= 11 is 0. The van der Waals surface area contributed by atoms with Gasteiger partial charge in [-0.3, -0.25) is 4.79 Å². The maximum atomic E-state index is 13.0. The van der Waals surface area contributed by atoms with E-state index in [0.29, 0.717) is 11.8 Å².